The first-order valence-electron chi connectivity index (χ1n) is 9.04. The third-order valence-corrected chi connectivity index (χ3v) is 5.03. The first-order valence-corrected chi connectivity index (χ1v) is 9.41. The Hall–Kier alpha value is -2.67. The summed E-state index contributed by atoms with van der Waals surface area (Å²) in [7, 11) is 0. The summed E-state index contributed by atoms with van der Waals surface area (Å²) in [6.07, 6.45) is 4.25. The molecule has 1 N–H and O–H groups in total. The van der Waals surface area contributed by atoms with E-state index in [9.17, 15) is 9.59 Å². The minimum absolute atomic E-state index is 0.106. The van der Waals surface area contributed by atoms with Crippen molar-refractivity contribution in [2.45, 2.75) is 45.2 Å². The molecule has 2 heterocycles. The quantitative estimate of drug-likeness (QED) is 0.748. The number of nitrogens with zero attached hydrogens (tertiary/aromatic N) is 4. The maximum absolute atomic E-state index is 12.9. The van der Waals surface area contributed by atoms with Gasteiger partial charge in [0.05, 0.1) is 0 Å². The fourth-order valence-electron chi connectivity index (χ4n) is 3.56. The van der Waals surface area contributed by atoms with Crippen LogP contribution in [0.1, 0.15) is 31.4 Å². The summed E-state index contributed by atoms with van der Waals surface area (Å²) in [5.41, 5.74) is 1.50. The van der Waals surface area contributed by atoms with Crippen LogP contribution in [0.3, 0.4) is 0 Å². The molecule has 1 saturated carbocycles. The highest BCUT2D eigenvalue weighted by Gasteiger charge is 2.20. The number of nitrogens with one attached hydrogen (secondary N) is 1. The van der Waals surface area contributed by atoms with Gasteiger partial charge in [0.1, 0.15) is 12.4 Å². The van der Waals surface area contributed by atoms with Gasteiger partial charge in [0.2, 0.25) is 5.91 Å². The Morgan fingerprint density at radius 2 is 2.07 bits per heavy atom. The average molecular weight is 386 g/mol. The molecule has 1 aliphatic rings. The zero-order valence-corrected chi connectivity index (χ0v) is 15.7. The third-order valence-electron chi connectivity index (χ3n) is 4.79. The van der Waals surface area contributed by atoms with E-state index < -0.39 is 5.69 Å². The van der Waals surface area contributed by atoms with Crippen LogP contribution in [0, 0.1) is 6.92 Å². The summed E-state index contributed by atoms with van der Waals surface area (Å²) in [5, 5.41) is 7.87. The van der Waals surface area contributed by atoms with Crippen LogP contribution in [0.15, 0.2) is 35.1 Å². The number of halogens is 1. The number of aromatic nitrogens is 4. The zero-order chi connectivity index (χ0) is 19.0. The molecule has 3 aromatic rings. The lowest BCUT2D eigenvalue weighted by Gasteiger charge is -2.11. The zero-order valence-electron chi connectivity index (χ0n) is 15.0. The van der Waals surface area contributed by atoms with Gasteiger partial charge in [-0.3, -0.25) is 4.79 Å². The highest BCUT2D eigenvalue weighted by atomic mass is 35.5. The van der Waals surface area contributed by atoms with Gasteiger partial charge in [-0.25, -0.2) is 18.9 Å². The van der Waals surface area contributed by atoms with E-state index in [4.69, 9.17) is 11.6 Å². The molecule has 0 saturated heterocycles. The van der Waals surface area contributed by atoms with Gasteiger partial charge >= 0.3 is 5.69 Å². The average Bonchev–Trinajstić information content (AvgIpc) is 3.23. The minimum atomic E-state index is -0.394. The molecule has 1 amide bonds. The summed E-state index contributed by atoms with van der Waals surface area (Å²) in [6, 6.07) is 9.08. The summed E-state index contributed by atoms with van der Waals surface area (Å²) >= 11 is 6.09. The highest BCUT2D eigenvalue weighted by Crippen LogP contribution is 2.21. The third kappa shape index (κ3) is 3.60. The molecular weight excluding hydrogens is 366 g/mol. The van der Waals surface area contributed by atoms with Crippen molar-refractivity contribution in [3.05, 3.63) is 51.5 Å². The van der Waals surface area contributed by atoms with Gasteiger partial charge in [-0.1, -0.05) is 36.6 Å². The van der Waals surface area contributed by atoms with Crippen molar-refractivity contribution in [3.8, 4) is 11.4 Å². The maximum Gasteiger partial charge on any atom is 0.352 e. The van der Waals surface area contributed by atoms with Gasteiger partial charge in [0.25, 0.3) is 0 Å². The first kappa shape index (κ1) is 17.7. The number of rotatable bonds is 4. The second-order valence-corrected chi connectivity index (χ2v) is 7.35. The maximum atomic E-state index is 12.9. The Morgan fingerprint density at radius 1 is 1.30 bits per heavy atom. The van der Waals surface area contributed by atoms with Crippen molar-refractivity contribution in [1.29, 1.82) is 0 Å². The summed E-state index contributed by atoms with van der Waals surface area (Å²) in [4.78, 5) is 29.7. The molecule has 1 aliphatic carbocycles. The highest BCUT2D eigenvalue weighted by molar-refractivity contribution is 6.30. The molecule has 27 heavy (non-hydrogen) atoms. The summed E-state index contributed by atoms with van der Waals surface area (Å²) in [5.74, 6) is 0.265. The molecule has 8 heteroatoms. The lowest BCUT2D eigenvalue weighted by atomic mass is 10.2. The van der Waals surface area contributed by atoms with Gasteiger partial charge in [-0.05, 0) is 31.9 Å². The van der Waals surface area contributed by atoms with Gasteiger partial charge < -0.3 is 5.32 Å². The van der Waals surface area contributed by atoms with E-state index in [1.807, 2.05) is 13.0 Å². The molecule has 4 rings (SSSR count). The van der Waals surface area contributed by atoms with E-state index in [0.717, 1.165) is 31.4 Å². The van der Waals surface area contributed by atoms with Crippen LogP contribution in [0.5, 0.6) is 0 Å². The number of fused-ring (bicyclic) bond motifs is 1. The number of carbonyl (C=O) groups excluding carboxylic acids is 1. The molecule has 0 radical (unpaired) electrons. The molecule has 0 bridgehead atoms. The smallest absolute Gasteiger partial charge is 0.352 e. The predicted octanol–water partition coefficient (Wildman–Crippen LogP) is 2.58. The molecule has 0 spiro atoms. The van der Waals surface area contributed by atoms with Crippen LogP contribution in [-0.4, -0.2) is 31.1 Å². The number of aryl methyl sites for hydroxylation is 1. The molecule has 1 aromatic carbocycles. The molecular formula is C19H20ClN5O2. The Bertz CT molecular complexity index is 1070. The van der Waals surface area contributed by atoms with Gasteiger partial charge in [0, 0.05) is 28.4 Å². The van der Waals surface area contributed by atoms with E-state index in [2.05, 4.69) is 15.4 Å². The second kappa shape index (κ2) is 7.15. The van der Waals surface area contributed by atoms with Crippen molar-refractivity contribution in [1.82, 2.24) is 24.5 Å². The van der Waals surface area contributed by atoms with Crippen LogP contribution in [0.25, 0.3) is 17.0 Å². The van der Waals surface area contributed by atoms with Crippen LogP contribution in [0.2, 0.25) is 5.02 Å². The van der Waals surface area contributed by atoms with E-state index in [0.29, 0.717) is 22.1 Å². The molecule has 140 valence electrons. The van der Waals surface area contributed by atoms with Gasteiger partial charge in [-0.15, -0.1) is 5.10 Å². The number of hydrogen-bond acceptors (Lipinski definition) is 4. The number of amides is 1. The van der Waals surface area contributed by atoms with E-state index in [-0.39, 0.29) is 18.5 Å². The van der Waals surface area contributed by atoms with Crippen molar-refractivity contribution < 1.29 is 4.79 Å². The Morgan fingerprint density at radius 3 is 2.81 bits per heavy atom. The topological polar surface area (TPSA) is 81.3 Å². The summed E-state index contributed by atoms with van der Waals surface area (Å²) in [6.45, 7) is 1.73. The van der Waals surface area contributed by atoms with Crippen molar-refractivity contribution in [2.75, 3.05) is 0 Å². The van der Waals surface area contributed by atoms with E-state index in [1.165, 1.54) is 9.08 Å². The van der Waals surface area contributed by atoms with Crippen molar-refractivity contribution in [3.63, 3.8) is 0 Å². The predicted molar refractivity (Wildman–Crippen MR) is 103 cm³/mol. The molecule has 1 fully saturated rings. The van der Waals surface area contributed by atoms with Crippen LogP contribution < -0.4 is 11.0 Å². The number of carbonyl (C=O) groups is 1. The molecule has 0 atom stereocenters. The molecule has 0 aliphatic heterocycles. The Balaban J connectivity index is 1.72. The monoisotopic (exact) mass is 385 g/mol. The van der Waals surface area contributed by atoms with Gasteiger partial charge in [0.15, 0.2) is 5.65 Å². The Labute approximate surface area is 161 Å². The van der Waals surface area contributed by atoms with E-state index >= 15 is 0 Å². The minimum Gasteiger partial charge on any atom is -0.352 e. The fraction of sp³-hybridized carbons (Fsp3) is 0.368. The SMILES string of the molecule is Cc1cc2nn(CC(=O)NC3CCCC3)c(=O)n2c(-c2cccc(Cl)c2)n1. The largest absolute Gasteiger partial charge is 0.352 e. The lowest BCUT2D eigenvalue weighted by molar-refractivity contribution is -0.122. The van der Waals surface area contributed by atoms with Crippen LogP contribution in [-0.2, 0) is 11.3 Å². The van der Waals surface area contributed by atoms with Gasteiger partial charge in [-0.2, -0.15) is 0 Å². The number of benzene rings is 1. The summed E-state index contributed by atoms with van der Waals surface area (Å²) < 4.78 is 2.61. The lowest BCUT2D eigenvalue weighted by Crippen LogP contribution is -2.37. The van der Waals surface area contributed by atoms with E-state index in [1.54, 1.807) is 24.3 Å². The standard InChI is InChI=1S/C19H20ClN5O2/c1-12-9-16-23-24(11-17(26)22-15-7-2-3-8-15)19(27)25(16)18(21-12)13-5-4-6-14(20)10-13/h4-6,9-10,15H,2-3,7-8,11H2,1H3,(H,22,26). The Kier molecular flexibility index (Phi) is 4.70. The second-order valence-electron chi connectivity index (χ2n) is 6.91. The van der Waals surface area contributed by atoms with Crippen LogP contribution >= 0.6 is 11.6 Å². The molecule has 2 aromatic heterocycles. The first-order chi connectivity index (χ1) is 13.0. The molecule has 7 nitrogen and oxygen atoms in total. The normalized spacial score (nSPS) is 14.7. The van der Waals surface area contributed by atoms with Crippen molar-refractivity contribution in [2.24, 2.45) is 0 Å². The number of hydrogen-bond donors (Lipinski definition) is 1. The fourth-order valence-corrected chi connectivity index (χ4v) is 3.75. The van der Waals surface area contributed by atoms with Crippen molar-refractivity contribution >= 4 is 23.2 Å². The molecule has 0 unspecified atom stereocenters. The van der Waals surface area contributed by atoms with Crippen LogP contribution in [0.4, 0.5) is 0 Å².